The standard InChI is InChI=1S/C13H23N/c1-13(7-2-3-8-13)10-11-5-4-6-12(14)9-11/h9,12H,2-8,10,14H2,1H3. The molecular formula is C13H23N. The number of allylic oxidation sites excluding steroid dienone is 1. The van der Waals surface area contributed by atoms with Crippen LogP contribution >= 0.6 is 0 Å². The Bertz CT molecular complexity index is 223. The second-order valence-corrected chi connectivity index (χ2v) is 5.58. The van der Waals surface area contributed by atoms with Gasteiger partial charge in [0.25, 0.3) is 0 Å². The molecule has 1 heteroatoms. The molecule has 0 saturated heterocycles. The first kappa shape index (κ1) is 10.2. The van der Waals surface area contributed by atoms with Crippen molar-refractivity contribution in [3.8, 4) is 0 Å². The van der Waals surface area contributed by atoms with Gasteiger partial charge >= 0.3 is 0 Å². The fraction of sp³-hybridized carbons (Fsp3) is 0.846. The van der Waals surface area contributed by atoms with Gasteiger partial charge in [-0.3, -0.25) is 0 Å². The van der Waals surface area contributed by atoms with Gasteiger partial charge in [-0.1, -0.05) is 31.4 Å². The molecule has 14 heavy (non-hydrogen) atoms. The SMILES string of the molecule is CC1(CC2=CC(N)CCC2)CCCC1. The maximum Gasteiger partial charge on any atom is 0.0226 e. The topological polar surface area (TPSA) is 26.0 Å². The molecule has 1 fully saturated rings. The number of hydrogen-bond donors (Lipinski definition) is 1. The van der Waals surface area contributed by atoms with Gasteiger partial charge in [-0.25, -0.2) is 0 Å². The summed E-state index contributed by atoms with van der Waals surface area (Å²) in [6, 6.07) is 0.351. The summed E-state index contributed by atoms with van der Waals surface area (Å²) in [6.07, 6.45) is 13.2. The van der Waals surface area contributed by atoms with Gasteiger partial charge in [-0.05, 0) is 43.9 Å². The van der Waals surface area contributed by atoms with Crippen molar-refractivity contribution in [2.24, 2.45) is 11.1 Å². The molecule has 80 valence electrons. The molecule has 0 aromatic carbocycles. The fourth-order valence-corrected chi connectivity index (χ4v) is 3.14. The Morgan fingerprint density at radius 2 is 2.07 bits per heavy atom. The summed E-state index contributed by atoms with van der Waals surface area (Å²) in [5.74, 6) is 0. The molecule has 2 N–H and O–H groups in total. The van der Waals surface area contributed by atoms with Crippen LogP contribution in [-0.4, -0.2) is 6.04 Å². The molecule has 0 heterocycles. The molecule has 2 aliphatic carbocycles. The van der Waals surface area contributed by atoms with Crippen LogP contribution in [0.1, 0.15) is 58.3 Å². The van der Waals surface area contributed by atoms with E-state index < -0.39 is 0 Å². The smallest absolute Gasteiger partial charge is 0.0226 e. The fourth-order valence-electron chi connectivity index (χ4n) is 3.14. The molecule has 1 atom stereocenters. The lowest BCUT2D eigenvalue weighted by molar-refractivity contribution is 0.326. The molecule has 0 spiro atoms. The van der Waals surface area contributed by atoms with E-state index in [2.05, 4.69) is 13.0 Å². The lowest BCUT2D eigenvalue weighted by atomic mass is 9.79. The summed E-state index contributed by atoms with van der Waals surface area (Å²) < 4.78 is 0. The van der Waals surface area contributed by atoms with Crippen molar-refractivity contribution in [1.29, 1.82) is 0 Å². The highest BCUT2D eigenvalue weighted by Gasteiger charge is 2.29. The van der Waals surface area contributed by atoms with Crippen molar-refractivity contribution < 1.29 is 0 Å². The van der Waals surface area contributed by atoms with E-state index in [1.165, 1.54) is 51.4 Å². The molecule has 0 aromatic rings. The van der Waals surface area contributed by atoms with E-state index in [-0.39, 0.29) is 0 Å². The molecule has 2 rings (SSSR count). The van der Waals surface area contributed by atoms with Gasteiger partial charge in [-0.2, -0.15) is 0 Å². The summed E-state index contributed by atoms with van der Waals surface area (Å²) in [5.41, 5.74) is 8.23. The number of nitrogens with two attached hydrogens (primary N) is 1. The van der Waals surface area contributed by atoms with Crippen molar-refractivity contribution >= 4 is 0 Å². The molecule has 0 aromatic heterocycles. The summed E-state index contributed by atoms with van der Waals surface area (Å²) in [6.45, 7) is 2.46. The van der Waals surface area contributed by atoms with Crippen LogP contribution in [0.4, 0.5) is 0 Å². The lowest BCUT2D eigenvalue weighted by Gasteiger charge is -2.27. The van der Waals surface area contributed by atoms with E-state index in [1.807, 2.05) is 0 Å². The highest BCUT2D eigenvalue weighted by Crippen LogP contribution is 2.43. The molecule has 2 aliphatic rings. The van der Waals surface area contributed by atoms with E-state index in [1.54, 1.807) is 5.57 Å². The first-order valence-corrected chi connectivity index (χ1v) is 6.13. The van der Waals surface area contributed by atoms with Gasteiger partial charge in [0.2, 0.25) is 0 Å². The molecule has 1 nitrogen and oxygen atoms in total. The van der Waals surface area contributed by atoms with Crippen LogP contribution in [0.2, 0.25) is 0 Å². The Labute approximate surface area is 87.8 Å². The largest absolute Gasteiger partial charge is 0.324 e. The zero-order valence-electron chi connectivity index (χ0n) is 9.39. The van der Waals surface area contributed by atoms with E-state index in [0.29, 0.717) is 11.5 Å². The minimum absolute atomic E-state index is 0.351. The molecule has 0 aliphatic heterocycles. The normalized spacial score (nSPS) is 31.6. The Morgan fingerprint density at radius 1 is 1.36 bits per heavy atom. The molecule has 0 bridgehead atoms. The Morgan fingerprint density at radius 3 is 2.71 bits per heavy atom. The van der Waals surface area contributed by atoms with Gasteiger partial charge < -0.3 is 5.73 Å². The van der Waals surface area contributed by atoms with Crippen molar-refractivity contribution in [3.63, 3.8) is 0 Å². The van der Waals surface area contributed by atoms with Crippen LogP contribution in [0, 0.1) is 5.41 Å². The van der Waals surface area contributed by atoms with Gasteiger partial charge in [0.15, 0.2) is 0 Å². The second-order valence-electron chi connectivity index (χ2n) is 5.58. The quantitative estimate of drug-likeness (QED) is 0.668. The van der Waals surface area contributed by atoms with Gasteiger partial charge in [-0.15, -0.1) is 0 Å². The summed E-state index contributed by atoms with van der Waals surface area (Å²) in [4.78, 5) is 0. The molecule has 1 unspecified atom stereocenters. The number of rotatable bonds is 2. The van der Waals surface area contributed by atoms with Crippen molar-refractivity contribution in [3.05, 3.63) is 11.6 Å². The lowest BCUT2D eigenvalue weighted by Crippen LogP contribution is -2.22. The summed E-state index contributed by atoms with van der Waals surface area (Å²) in [5, 5.41) is 0. The maximum atomic E-state index is 5.97. The zero-order valence-corrected chi connectivity index (χ0v) is 9.39. The Hall–Kier alpha value is -0.300. The first-order chi connectivity index (χ1) is 6.68. The average molecular weight is 193 g/mol. The molecule has 0 amide bonds. The Balaban J connectivity index is 1.95. The minimum atomic E-state index is 0.351. The van der Waals surface area contributed by atoms with Gasteiger partial charge in [0.05, 0.1) is 0 Å². The molecule has 0 radical (unpaired) electrons. The molecule has 1 saturated carbocycles. The van der Waals surface area contributed by atoms with Crippen LogP contribution in [0.3, 0.4) is 0 Å². The van der Waals surface area contributed by atoms with E-state index in [9.17, 15) is 0 Å². The van der Waals surface area contributed by atoms with Crippen LogP contribution < -0.4 is 5.73 Å². The zero-order chi connectivity index (χ0) is 10.0. The van der Waals surface area contributed by atoms with Crippen LogP contribution in [0.5, 0.6) is 0 Å². The third-order valence-corrected chi connectivity index (χ3v) is 3.95. The monoisotopic (exact) mass is 193 g/mol. The van der Waals surface area contributed by atoms with E-state index >= 15 is 0 Å². The van der Waals surface area contributed by atoms with Crippen LogP contribution in [0.15, 0.2) is 11.6 Å². The highest BCUT2D eigenvalue weighted by atomic mass is 14.6. The third kappa shape index (κ3) is 2.38. The summed E-state index contributed by atoms with van der Waals surface area (Å²) >= 11 is 0. The Kier molecular flexibility index (Phi) is 2.96. The van der Waals surface area contributed by atoms with Crippen LogP contribution in [0.25, 0.3) is 0 Å². The average Bonchev–Trinajstić information content (AvgIpc) is 2.51. The van der Waals surface area contributed by atoms with Crippen molar-refractivity contribution in [2.75, 3.05) is 0 Å². The van der Waals surface area contributed by atoms with E-state index in [0.717, 1.165) is 0 Å². The second kappa shape index (κ2) is 4.06. The van der Waals surface area contributed by atoms with E-state index in [4.69, 9.17) is 5.73 Å². The van der Waals surface area contributed by atoms with Crippen molar-refractivity contribution in [2.45, 2.75) is 64.3 Å². The van der Waals surface area contributed by atoms with Gasteiger partial charge in [0.1, 0.15) is 0 Å². The summed E-state index contributed by atoms with van der Waals surface area (Å²) in [7, 11) is 0. The van der Waals surface area contributed by atoms with Crippen LogP contribution in [-0.2, 0) is 0 Å². The predicted molar refractivity (Wildman–Crippen MR) is 61.1 cm³/mol. The predicted octanol–water partition coefficient (Wildman–Crippen LogP) is 3.39. The number of hydrogen-bond acceptors (Lipinski definition) is 1. The molecular weight excluding hydrogens is 170 g/mol. The van der Waals surface area contributed by atoms with Crippen molar-refractivity contribution in [1.82, 2.24) is 0 Å². The third-order valence-electron chi connectivity index (χ3n) is 3.95. The first-order valence-electron chi connectivity index (χ1n) is 6.13. The van der Waals surface area contributed by atoms with Gasteiger partial charge in [0, 0.05) is 6.04 Å². The maximum absolute atomic E-state index is 5.97. The highest BCUT2D eigenvalue weighted by molar-refractivity contribution is 5.12. The minimum Gasteiger partial charge on any atom is -0.324 e.